The van der Waals surface area contributed by atoms with Crippen LogP contribution in [0.5, 0.6) is 0 Å². The third-order valence-corrected chi connectivity index (χ3v) is 3.61. The molecule has 0 saturated carbocycles. The van der Waals surface area contributed by atoms with Crippen molar-refractivity contribution in [3.8, 4) is 0 Å². The van der Waals surface area contributed by atoms with Crippen LogP contribution in [0.3, 0.4) is 0 Å². The van der Waals surface area contributed by atoms with Gasteiger partial charge in [-0.15, -0.1) is 11.6 Å². The van der Waals surface area contributed by atoms with Crippen molar-refractivity contribution in [2.24, 2.45) is 5.92 Å². The summed E-state index contributed by atoms with van der Waals surface area (Å²) in [6.45, 7) is 6.03. The number of nitrogens with one attached hydrogen (secondary N) is 1. The van der Waals surface area contributed by atoms with Crippen LogP contribution in [0.15, 0.2) is 0 Å². The number of alkyl halides is 1. The third kappa shape index (κ3) is 7.59. The first-order valence-electron chi connectivity index (χ1n) is 4.93. The lowest BCUT2D eigenvalue weighted by atomic mass is 10.1. The van der Waals surface area contributed by atoms with Crippen LogP contribution >= 0.6 is 11.6 Å². The van der Waals surface area contributed by atoms with E-state index in [0.717, 1.165) is 6.42 Å². The maximum Gasteiger partial charge on any atom is 0.211 e. The zero-order valence-electron chi connectivity index (χ0n) is 9.09. The highest BCUT2D eigenvalue weighted by Gasteiger charge is 2.14. The molecule has 86 valence electrons. The van der Waals surface area contributed by atoms with Gasteiger partial charge in [-0.1, -0.05) is 13.8 Å². The maximum absolute atomic E-state index is 11.4. The molecule has 0 spiro atoms. The molecule has 0 radical (unpaired) electrons. The third-order valence-electron chi connectivity index (χ3n) is 1.75. The minimum Gasteiger partial charge on any atom is -0.212 e. The van der Waals surface area contributed by atoms with Crippen LogP contribution in [0.1, 0.15) is 33.6 Å². The molecule has 0 amide bonds. The quantitative estimate of drug-likeness (QED) is 0.693. The van der Waals surface area contributed by atoms with Gasteiger partial charge in [-0.2, -0.15) is 0 Å². The van der Waals surface area contributed by atoms with Gasteiger partial charge < -0.3 is 0 Å². The summed E-state index contributed by atoms with van der Waals surface area (Å²) in [6.07, 6.45) is 1.37. The van der Waals surface area contributed by atoms with Crippen LogP contribution in [0, 0.1) is 5.92 Å². The fourth-order valence-electron chi connectivity index (χ4n) is 1.37. The van der Waals surface area contributed by atoms with Gasteiger partial charge in [0, 0.05) is 11.9 Å². The highest BCUT2D eigenvalue weighted by Crippen LogP contribution is 2.05. The van der Waals surface area contributed by atoms with E-state index in [0.29, 0.717) is 18.2 Å². The van der Waals surface area contributed by atoms with Crippen molar-refractivity contribution in [3.05, 3.63) is 0 Å². The molecular weight excluding hydrogens is 222 g/mol. The summed E-state index contributed by atoms with van der Waals surface area (Å²) in [5, 5.41) is 0. The second-order valence-corrected chi connectivity index (χ2v) is 6.26. The molecule has 0 aliphatic rings. The van der Waals surface area contributed by atoms with Gasteiger partial charge in [0.1, 0.15) is 0 Å². The molecule has 5 heteroatoms. The van der Waals surface area contributed by atoms with E-state index < -0.39 is 10.0 Å². The average Bonchev–Trinajstić information content (AvgIpc) is 1.98. The fourth-order valence-corrected chi connectivity index (χ4v) is 3.01. The number of sulfonamides is 1. The molecule has 0 aliphatic carbocycles. The Morgan fingerprint density at radius 2 is 1.86 bits per heavy atom. The lowest BCUT2D eigenvalue weighted by Crippen LogP contribution is -2.35. The molecule has 14 heavy (non-hydrogen) atoms. The Hall–Kier alpha value is 0.200. The Bertz CT molecular complexity index is 239. The molecule has 3 nitrogen and oxygen atoms in total. The van der Waals surface area contributed by atoms with Crippen molar-refractivity contribution in [1.82, 2.24) is 4.72 Å². The Balaban J connectivity index is 3.96. The second kappa shape index (κ2) is 6.64. The van der Waals surface area contributed by atoms with Crippen molar-refractivity contribution >= 4 is 21.6 Å². The molecule has 1 unspecified atom stereocenters. The molecule has 0 rings (SSSR count). The van der Waals surface area contributed by atoms with Gasteiger partial charge in [0.2, 0.25) is 10.0 Å². The normalized spacial score (nSPS) is 14.6. The average molecular weight is 242 g/mol. The van der Waals surface area contributed by atoms with Crippen molar-refractivity contribution in [2.75, 3.05) is 11.6 Å². The molecule has 0 fully saturated rings. The van der Waals surface area contributed by atoms with Gasteiger partial charge in [0.05, 0.1) is 5.75 Å². The molecule has 0 heterocycles. The minimum atomic E-state index is -3.12. The number of hydrogen-bond acceptors (Lipinski definition) is 2. The smallest absolute Gasteiger partial charge is 0.211 e. The van der Waals surface area contributed by atoms with Crippen molar-refractivity contribution in [3.63, 3.8) is 0 Å². The summed E-state index contributed by atoms with van der Waals surface area (Å²) in [7, 11) is -3.12. The van der Waals surface area contributed by atoms with E-state index in [2.05, 4.69) is 18.6 Å². The summed E-state index contributed by atoms with van der Waals surface area (Å²) in [5.74, 6) is 1.01. The van der Waals surface area contributed by atoms with Crippen molar-refractivity contribution in [2.45, 2.75) is 39.7 Å². The molecule has 1 N–H and O–H groups in total. The van der Waals surface area contributed by atoms with Gasteiger partial charge in [-0.25, -0.2) is 13.1 Å². The summed E-state index contributed by atoms with van der Waals surface area (Å²) in [6, 6.07) is 0.00956. The Labute approximate surface area is 92.3 Å². The Kier molecular flexibility index (Phi) is 6.74. The standard InChI is InChI=1S/C9H20ClNO2S/c1-8(2)7-9(3)11-14(12,13)6-4-5-10/h8-9,11H,4-7H2,1-3H3. The highest BCUT2D eigenvalue weighted by molar-refractivity contribution is 7.89. The number of rotatable bonds is 7. The van der Waals surface area contributed by atoms with E-state index in [1.165, 1.54) is 0 Å². The Morgan fingerprint density at radius 1 is 1.29 bits per heavy atom. The van der Waals surface area contributed by atoms with Crippen LogP contribution in [0.2, 0.25) is 0 Å². The molecule has 0 aromatic carbocycles. The zero-order valence-corrected chi connectivity index (χ0v) is 10.7. The number of halogens is 1. The fraction of sp³-hybridized carbons (Fsp3) is 1.00. The molecule has 1 atom stereocenters. The van der Waals surface area contributed by atoms with Crippen LogP contribution in [-0.2, 0) is 10.0 Å². The first kappa shape index (κ1) is 14.2. The van der Waals surface area contributed by atoms with Crippen LogP contribution in [0.4, 0.5) is 0 Å². The van der Waals surface area contributed by atoms with Crippen molar-refractivity contribution in [1.29, 1.82) is 0 Å². The summed E-state index contributed by atoms with van der Waals surface area (Å²) in [5.41, 5.74) is 0. The summed E-state index contributed by atoms with van der Waals surface area (Å²) >= 11 is 5.44. The molecule has 0 bridgehead atoms. The zero-order chi connectivity index (χ0) is 11.2. The van der Waals surface area contributed by atoms with Crippen LogP contribution < -0.4 is 4.72 Å². The highest BCUT2D eigenvalue weighted by atomic mass is 35.5. The van der Waals surface area contributed by atoms with Gasteiger partial charge in [-0.05, 0) is 25.7 Å². The van der Waals surface area contributed by atoms with E-state index in [1.807, 2.05) is 6.92 Å². The largest absolute Gasteiger partial charge is 0.212 e. The van der Waals surface area contributed by atoms with Gasteiger partial charge in [0.15, 0.2) is 0 Å². The van der Waals surface area contributed by atoms with E-state index in [9.17, 15) is 8.42 Å². The van der Waals surface area contributed by atoms with Crippen LogP contribution in [-0.4, -0.2) is 26.1 Å². The van der Waals surface area contributed by atoms with E-state index in [4.69, 9.17) is 11.6 Å². The number of hydrogen-bond donors (Lipinski definition) is 1. The van der Waals surface area contributed by atoms with E-state index >= 15 is 0 Å². The van der Waals surface area contributed by atoms with Crippen molar-refractivity contribution < 1.29 is 8.42 Å². The SMILES string of the molecule is CC(C)CC(C)NS(=O)(=O)CCCCl. The minimum absolute atomic E-state index is 0.00956. The first-order valence-corrected chi connectivity index (χ1v) is 7.12. The molecule has 0 aromatic heterocycles. The predicted octanol–water partition coefficient (Wildman–Crippen LogP) is 1.97. The monoisotopic (exact) mass is 241 g/mol. The first-order chi connectivity index (χ1) is 6.37. The molecular formula is C9H20ClNO2S. The lowest BCUT2D eigenvalue weighted by Gasteiger charge is -2.15. The van der Waals surface area contributed by atoms with E-state index in [-0.39, 0.29) is 11.8 Å². The lowest BCUT2D eigenvalue weighted by molar-refractivity contribution is 0.482. The van der Waals surface area contributed by atoms with E-state index in [1.54, 1.807) is 0 Å². The Morgan fingerprint density at radius 3 is 2.29 bits per heavy atom. The summed E-state index contributed by atoms with van der Waals surface area (Å²) < 4.78 is 25.5. The van der Waals surface area contributed by atoms with Crippen LogP contribution in [0.25, 0.3) is 0 Å². The molecule has 0 saturated heterocycles. The molecule has 0 aliphatic heterocycles. The maximum atomic E-state index is 11.4. The summed E-state index contributed by atoms with van der Waals surface area (Å²) in [4.78, 5) is 0. The second-order valence-electron chi connectivity index (χ2n) is 4.01. The van der Waals surface area contributed by atoms with Gasteiger partial charge in [-0.3, -0.25) is 0 Å². The predicted molar refractivity (Wildman–Crippen MR) is 61.2 cm³/mol. The van der Waals surface area contributed by atoms with Gasteiger partial charge >= 0.3 is 0 Å². The van der Waals surface area contributed by atoms with Gasteiger partial charge in [0.25, 0.3) is 0 Å². The topological polar surface area (TPSA) is 46.2 Å². The molecule has 0 aromatic rings.